The predicted molar refractivity (Wildman–Crippen MR) is 107 cm³/mol. The van der Waals surface area contributed by atoms with Crippen molar-refractivity contribution in [2.45, 2.75) is 32.9 Å². The summed E-state index contributed by atoms with van der Waals surface area (Å²) in [5.41, 5.74) is 2.22. The Balaban J connectivity index is 1.51. The monoisotopic (exact) mass is 380 g/mol. The van der Waals surface area contributed by atoms with Gasteiger partial charge in [-0.1, -0.05) is 12.1 Å². The quantitative estimate of drug-likeness (QED) is 0.587. The number of rotatable bonds is 7. The highest BCUT2D eigenvalue weighted by molar-refractivity contribution is 5.96. The Bertz CT molecular complexity index is 930. The lowest BCUT2D eigenvalue weighted by Gasteiger charge is -2.12. The molecule has 3 aromatic rings. The summed E-state index contributed by atoms with van der Waals surface area (Å²) in [7, 11) is 0. The summed E-state index contributed by atoms with van der Waals surface area (Å²) >= 11 is 0. The lowest BCUT2D eigenvalue weighted by molar-refractivity contribution is -0.120. The van der Waals surface area contributed by atoms with Crippen molar-refractivity contribution < 1.29 is 14.3 Å². The molecule has 0 bridgehead atoms. The van der Waals surface area contributed by atoms with E-state index in [9.17, 15) is 9.59 Å². The predicted octanol–water partition coefficient (Wildman–Crippen LogP) is 2.96. The van der Waals surface area contributed by atoms with Crippen LogP contribution in [0.3, 0.4) is 0 Å². The number of nitrogens with zero attached hydrogens (tertiary/aromatic N) is 1. The van der Waals surface area contributed by atoms with Crippen LogP contribution in [0.2, 0.25) is 0 Å². The van der Waals surface area contributed by atoms with E-state index in [1.807, 2.05) is 45.0 Å². The first-order chi connectivity index (χ1) is 13.4. The van der Waals surface area contributed by atoms with Crippen LogP contribution in [0, 0.1) is 0 Å². The third-order valence-corrected chi connectivity index (χ3v) is 4.09. The molecule has 0 spiro atoms. The molecule has 3 rings (SSSR count). The Morgan fingerprint density at radius 3 is 2.46 bits per heavy atom. The molecule has 2 amide bonds. The summed E-state index contributed by atoms with van der Waals surface area (Å²) in [6.45, 7) is 5.59. The van der Waals surface area contributed by atoms with Gasteiger partial charge in [0, 0.05) is 5.56 Å². The zero-order valence-corrected chi connectivity index (χ0v) is 16.2. The van der Waals surface area contributed by atoms with Crippen LogP contribution in [0.1, 0.15) is 43.0 Å². The maximum Gasteiger partial charge on any atom is 0.251 e. The SMILES string of the molecule is CC(C)Oc1ccc(C(=O)NCC(=O)N[C@H](C)c2nc3ccccc3[nH]2)cc1. The molecule has 7 nitrogen and oxygen atoms in total. The summed E-state index contributed by atoms with van der Waals surface area (Å²) in [6, 6.07) is 14.2. The molecule has 0 radical (unpaired) electrons. The van der Waals surface area contributed by atoms with Crippen LogP contribution in [-0.2, 0) is 4.79 Å². The lowest BCUT2D eigenvalue weighted by atomic mass is 10.2. The first-order valence-corrected chi connectivity index (χ1v) is 9.21. The van der Waals surface area contributed by atoms with E-state index in [-0.39, 0.29) is 30.5 Å². The molecule has 0 aliphatic carbocycles. The number of hydrogen-bond acceptors (Lipinski definition) is 4. The van der Waals surface area contributed by atoms with E-state index in [1.165, 1.54) is 0 Å². The molecule has 28 heavy (non-hydrogen) atoms. The number of aromatic nitrogens is 2. The van der Waals surface area contributed by atoms with Gasteiger partial charge in [-0.2, -0.15) is 0 Å². The van der Waals surface area contributed by atoms with E-state index in [1.54, 1.807) is 24.3 Å². The number of carbonyl (C=O) groups is 2. The lowest BCUT2D eigenvalue weighted by Crippen LogP contribution is -2.38. The Kier molecular flexibility index (Phi) is 5.93. The number of benzene rings is 2. The summed E-state index contributed by atoms with van der Waals surface area (Å²) in [6.07, 6.45) is 0.0668. The van der Waals surface area contributed by atoms with Gasteiger partial charge >= 0.3 is 0 Å². The first kappa shape index (κ1) is 19.4. The van der Waals surface area contributed by atoms with Gasteiger partial charge in [0.1, 0.15) is 11.6 Å². The molecule has 3 N–H and O–H groups in total. The summed E-state index contributed by atoms with van der Waals surface area (Å²) in [4.78, 5) is 32.0. The highest BCUT2D eigenvalue weighted by atomic mass is 16.5. The summed E-state index contributed by atoms with van der Waals surface area (Å²) < 4.78 is 5.55. The van der Waals surface area contributed by atoms with Crippen LogP contribution < -0.4 is 15.4 Å². The number of carbonyl (C=O) groups excluding carboxylic acids is 2. The van der Waals surface area contributed by atoms with Crippen molar-refractivity contribution in [3.63, 3.8) is 0 Å². The van der Waals surface area contributed by atoms with Crippen LogP contribution in [0.15, 0.2) is 48.5 Å². The highest BCUT2D eigenvalue weighted by Gasteiger charge is 2.14. The molecule has 1 heterocycles. The Hall–Kier alpha value is -3.35. The van der Waals surface area contributed by atoms with Crippen molar-refractivity contribution in [2.24, 2.45) is 0 Å². The minimum Gasteiger partial charge on any atom is -0.491 e. The third kappa shape index (κ3) is 4.88. The highest BCUT2D eigenvalue weighted by Crippen LogP contribution is 2.15. The van der Waals surface area contributed by atoms with Crippen molar-refractivity contribution in [1.82, 2.24) is 20.6 Å². The van der Waals surface area contributed by atoms with Crippen molar-refractivity contribution >= 4 is 22.8 Å². The van der Waals surface area contributed by atoms with Gasteiger partial charge in [-0.15, -0.1) is 0 Å². The fourth-order valence-corrected chi connectivity index (χ4v) is 2.76. The Labute approximate surface area is 163 Å². The Morgan fingerprint density at radius 1 is 1.07 bits per heavy atom. The van der Waals surface area contributed by atoms with Crippen molar-refractivity contribution in [3.8, 4) is 5.75 Å². The molecule has 0 fully saturated rings. The number of imidazole rings is 1. The van der Waals surface area contributed by atoms with Gasteiger partial charge in [0.2, 0.25) is 5.91 Å². The van der Waals surface area contributed by atoms with E-state index in [0.717, 1.165) is 11.0 Å². The van der Waals surface area contributed by atoms with Gasteiger partial charge in [-0.05, 0) is 57.2 Å². The fourth-order valence-electron chi connectivity index (χ4n) is 2.76. The van der Waals surface area contributed by atoms with Gasteiger partial charge in [0.15, 0.2) is 0 Å². The van der Waals surface area contributed by atoms with Gasteiger partial charge < -0.3 is 20.4 Å². The molecule has 0 saturated carbocycles. The van der Waals surface area contributed by atoms with Crippen LogP contribution in [0.5, 0.6) is 5.75 Å². The number of fused-ring (bicyclic) bond motifs is 1. The smallest absolute Gasteiger partial charge is 0.251 e. The van der Waals surface area contributed by atoms with E-state index >= 15 is 0 Å². The first-order valence-electron chi connectivity index (χ1n) is 9.21. The van der Waals surface area contributed by atoms with E-state index in [0.29, 0.717) is 17.1 Å². The second-order valence-corrected chi connectivity index (χ2v) is 6.80. The number of hydrogen-bond donors (Lipinski definition) is 3. The second kappa shape index (κ2) is 8.56. The molecular formula is C21H24N4O3. The number of ether oxygens (including phenoxy) is 1. The second-order valence-electron chi connectivity index (χ2n) is 6.80. The van der Waals surface area contributed by atoms with Gasteiger partial charge in [0.05, 0.1) is 29.7 Å². The van der Waals surface area contributed by atoms with Gasteiger partial charge in [0.25, 0.3) is 5.91 Å². The molecule has 2 aromatic carbocycles. The number of para-hydroxylation sites is 2. The Morgan fingerprint density at radius 2 is 1.79 bits per heavy atom. The molecule has 7 heteroatoms. The summed E-state index contributed by atoms with van der Waals surface area (Å²) in [5.74, 6) is 0.759. The van der Waals surface area contributed by atoms with Crippen LogP contribution >= 0.6 is 0 Å². The molecule has 0 aliphatic heterocycles. The standard InChI is InChI=1S/C21H24N4O3/c1-13(2)28-16-10-8-15(9-11-16)21(27)22-12-19(26)23-14(3)20-24-17-6-4-5-7-18(17)25-20/h4-11,13-14H,12H2,1-3H3,(H,22,27)(H,23,26)(H,24,25)/t14-/m1/s1. The van der Waals surface area contributed by atoms with Gasteiger partial charge in [-0.25, -0.2) is 4.98 Å². The topological polar surface area (TPSA) is 96.1 Å². The van der Waals surface area contributed by atoms with Crippen molar-refractivity contribution in [3.05, 3.63) is 59.9 Å². The molecule has 1 aromatic heterocycles. The van der Waals surface area contributed by atoms with Crippen LogP contribution in [-0.4, -0.2) is 34.4 Å². The number of H-pyrrole nitrogens is 1. The van der Waals surface area contributed by atoms with Crippen molar-refractivity contribution in [2.75, 3.05) is 6.54 Å². The fraction of sp³-hybridized carbons (Fsp3) is 0.286. The number of aromatic amines is 1. The third-order valence-electron chi connectivity index (χ3n) is 4.09. The average molecular weight is 380 g/mol. The van der Waals surface area contributed by atoms with E-state index in [4.69, 9.17) is 4.74 Å². The van der Waals surface area contributed by atoms with Crippen LogP contribution in [0.25, 0.3) is 11.0 Å². The molecule has 1 atom stereocenters. The zero-order valence-electron chi connectivity index (χ0n) is 16.2. The maximum atomic E-state index is 12.2. The average Bonchev–Trinajstić information content (AvgIpc) is 3.10. The van der Waals surface area contributed by atoms with E-state index in [2.05, 4.69) is 20.6 Å². The number of nitrogens with one attached hydrogen (secondary N) is 3. The minimum atomic E-state index is -0.317. The summed E-state index contributed by atoms with van der Waals surface area (Å²) in [5, 5.41) is 5.45. The molecular weight excluding hydrogens is 356 g/mol. The van der Waals surface area contributed by atoms with Crippen molar-refractivity contribution in [1.29, 1.82) is 0 Å². The maximum absolute atomic E-state index is 12.2. The molecule has 0 aliphatic rings. The minimum absolute atomic E-state index is 0.0668. The van der Waals surface area contributed by atoms with Gasteiger partial charge in [-0.3, -0.25) is 9.59 Å². The molecule has 0 saturated heterocycles. The molecule has 0 unspecified atom stereocenters. The zero-order chi connectivity index (χ0) is 20.1. The van der Waals surface area contributed by atoms with E-state index < -0.39 is 0 Å². The normalized spacial score (nSPS) is 12.0. The largest absolute Gasteiger partial charge is 0.491 e. The molecule has 146 valence electrons. The van der Waals surface area contributed by atoms with Crippen LogP contribution in [0.4, 0.5) is 0 Å². The number of amides is 2.